The minimum Gasteiger partial charge on any atom is -0.385 e. The molecule has 0 saturated heterocycles. The summed E-state index contributed by atoms with van der Waals surface area (Å²) >= 11 is 6.01. The maximum atomic E-state index is 12.8. The van der Waals surface area contributed by atoms with Crippen molar-refractivity contribution in [2.45, 2.75) is 31.7 Å². The van der Waals surface area contributed by atoms with Crippen LogP contribution in [0.2, 0.25) is 5.02 Å². The Hall–Kier alpha value is -1.85. The van der Waals surface area contributed by atoms with E-state index in [9.17, 15) is 4.79 Å². The molecule has 0 radical (unpaired) electrons. The van der Waals surface area contributed by atoms with E-state index in [2.05, 4.69) is 9.97 Å². The number of hydrogen-bond acceptors (Lipinski definition) is 3. The Bertz CT molecular complexity index is 684. The second-order valence-corrected chi connectivity index (χ2v) is 6.44. The molecule has 1 unspecified atom stereocenters. The molecule has 24 heavy (non-hydrogen) atoms. The van der Waals surface area contributed by atoms with E-state index in [0.29, 0.717) is 24.6 Å². The van der Waals surface area contributed by atoms with Gasteiger partial charge >= 0.3 is 0 Å². The number of aromatic nitrogens is 2. The van der Waals surface area contributed by atoms with Crippen LogP contribution in [0.1, 0.15) is 42.3 Å². The Labute approximate surface area is 147 Å². The Morgan fingerprint density at radius 1 is 1.38 bits per heavy atom. The van der Waals surface area contributed by atoms with Gasteiger partial charge in [-0.05, 0) is 30.5 Å². The molecular weight excluding hydrogens is 326 g/mol. The van der Waals surface area contributed by atoms with Gasteiger partial charge in [0.1, 0.15) is 6.04 Å². The van der Waals surface area contributed by atoms with Gasteiger partial charge < -0.3 is 14.6 Å². The van der Waals surface area contributed by atoms with Crippen LogP contribution >= 0.6 is 11.6 Å². The first-order valence-electron chi connectivity index (χ1n) is 8.26. The number of carbonyl (C=O) groups excluding carboxylic acids is 1. The summed E-state index contributed by atoms with van der Waals surface area (Å²) in [5.74, 6) is 0.166. The van der Waals surface area contributed by atoms with Crippen LogP contribution in [0.5, 0.6) is 0 Å². The Morgan fingerprint density at radius 3 is 2.92 bits per heavy atom. The molecule has 1 atom stereocenters. The van der Waals surface area contributed by atoms with Crippen LogP contribution in [0.15, 0.2) is 30.6 Å². The Morgan fingerprint density at radius 2 is 2.17 bits per heavy atom. The largest absolute Gasteiger partial charge is 0.385 e. The average molecular weight is 348 g/mol. The van der Waals surface area contributed by atoms with E-state index in [0.717, 1.165) is 36.2 Å². The van der Waals surface area contributed by atoms with Crippen molar-refractivity contribution in [1.29, 1.82) is 0 Å². The SMILES string of the molecule is COCCCCC(=O)N1CCc2[nH]cnc2C1c1ccc(Cl)cc1. The number of imidazole rings is 1. The van der Waals surface area contributed by atoms with Gasteiger partial charge in [-0.15, -0.1) is 0 Å². The number of fused-ring (bicyclic) bond motifs is 1. The van der Waals surface area contributed by atoms with E-state index in [1.165, 1.54) is 0 Å². The number of ether oxygens (including phenoxy) is 1. The van der Waals surface area contributed by atoms with Gasteiger partial charge in [-0.25, -0.2) is 4.98 Å². The predicted molar refractivity (Wildman–Crippen MR) is 93.0 cm³/mol. The summed E-state index contributed by atoms with van der Waals surface area (Å²) in [6, 6.07) is 7.52. The van der Waals surface area contributed by atoms with E-state index < -0.39 is 0 Å². The van der Waals surface area contributed by atoms with Crippen molar-refractivity contribution in [2.24, 2.45) is 0 Å². The molecule has 1 aliphatic heterocycles. The lowest BCUT2D eigenvalue weighted by Crippen LogP contribution is -2.40. The van der Waals surface area contributed by atoms with Gasteiger partial charge in [0.2, 0.25) is 5.91 Å². The standard InChI is InChI=1S/C18H22ClN3O2/c1-24-11-3-2-4-16(23)22-10-9-15-17(21-12-20-15)18(22)13-5-7-14(19)8-6-13/h5-8,12,18H,2-4,9-11H2,1H3,(H,20,21). The number of methoxy groups -OCH3 is 1. The van der Waals surface area contributed by atoms with Crippen LogP contribution in [-0.4, -0.2) is 41.0 Å². The summed E-state index contributed by atoms with van der Waals surface area (Å²) in [4.78, 5) is 22.4. The van der Waals surface area contributed by atoms with E-state index >= 15 is 0 Å². The van der Waals surface area contributed by atoms with Crippen LogP contribution in [-0.2, 0) is 16.0 Å². The molecule has 6 heteroatoms. The number of benzene rings is 1. The number of rotatable bonds is 6. The van der Waals surface area contributed by atoms with Gasteiger partial charge in [0.05, 0.1) is 12.0 Å². The number of carbonyl (C=O) groups is 1. The van der Waals surface area contributed by atoms with E-state index in [4.69, 9.17) is 16.3 Å². The molecule has 0 bridgehead atoms. The lowest BCUT2D eigenvalue weighted by atomic mass is 9.95. The third kappa shape index (κ3) is 3.62. The molecular formula is C18H22ClN3O2. The van der Waals surface area contributed by atoms with Crippen molar-refractivity contribution in [1.82, 2.24) is 14.9 Å². The molecule has 1 amide bonds. The summed E-state index contributed by atoms with van der Waals surface area (Å²) in [7, 11) is 1.68. The van der Waals surface area contributed by atoms with Crippen LogP contribution in [0.4, 0.5) is 0 Å². The van der Waals surface area contributed by atoms with Gasteiger partial charge in [0, 0.05) is 43.8 Å². The van der Waals surface area contributed by atoms with Crippen molar-refractivity contribution >= 4 is 17.5 Å². The molecule has 0 spiro atoms. The summed E-state index contributed by atoms with van der Waals surface area (Å²) in [6.45, 7) is 1.39. The minimum atomic E-state index is -0.146. The quantitative estimate of drug-likeness (QED) is 0.815. The highest BCUT2D eigenvalue weighted by atomic mass is 35.5. The van der Waals surface area contributed by atoms with Crippen LogP contribution in [0, 0.1) is 0 Å². The van der Waals surface area contributed by atoms with Gasteiger partial charge in [-0.2, -0.15) is 0 Å². The van der Waals surface area contributed by atoms with Gasteiger partial charge in [0.15, 0.2) is 0 Å². The average Bonchev–Trinajstić information content (AvgIpc) is 3.07. The van der Waals surface area contributed by atoms with Crippen LogP contribution < -0.4 is 0 Å². The van der Waals surface area contributed by atoms with Crippen molar-refractivity contribution in [3.63, 3.8) is 0 Å². The summed E-state index contributed by atoms with van der Waals surface area (Å²) in [5.41, 5.74) is 3.09. The number of amides is 1. The fourth-order valence-corrected chi connectivity index (χ4v) is 3.32. The molecule has 1 N–H and O–H groups in total. The molecule has 2 aromatic rings. The number of nitrogens with zero attached hydrogens (tertiary/aromatic N) is 2. The number of halogens is 1. The maximum absolute atomic E-state index is 12.8. The van der Waals surface area contributed by atoms with Gasteiger partial charge in [-0.3, -0.25) is 4.79 Å². The Balaban J connectivity index is 1.82. The van der Waals surface area contributed by atoms with Crippen molar-refractivity contribution in [3.8, 4) is 0 Å². The Kier molecular flexibility index (Phi) is 5.53. The fourth-order valence-electron chi connectivity index (χ4n) is 3.19. The molecule has 0 saturated carbocycles. The topological polar surface area (TPSA) is 58.2 Å². The predicted octanol–water partition coefficient (Wildman–Crippen LogP) is 3.35. The zero-order valence-corrected chi connectivity index (χ0v) is 14.6. The number of aromatic amines is 1. The maximum Gasteiger partial charge on any atom is 0.223 e. The van der Waals surface area contributed by atoms with Gasteiger partial charge in [0.25, 0.3) is 0 Å². The normalized spacial score (nSPS) is 16.9. The highest BCUT2D eigenvalue weighted by Crippen LogP contribution is 2.34. The third-order valence-corrected chi connectivity index (χ3v) is 4.67. The van der Waals surface area contributed by atoms with Crippen molar-refractivity contribution in [3.05, 3.63) is 52.6 Å². The summed E-state index contributed by atoms with van der Waals surface area (Å²) < 4.78 is 5.06. The van der Waals surface area contributed by atoms with E-state index in [1.54, 1.807) is 13.4 Å². The fraction of sp³-hybridized carbons (Fsp3) is 0.444. The first-order chi connectivity index (χ1) is 11.7. The second-order valence-electron chi connectivity index (χ2n) is 6.01. The molecule has 5 nitrogen and oxygen atoms in total. The number of nitrogens with one attached hydrogen (secondary N) is 1. The third-order valence-electron chi connectivity index (χ3n) is 4.42. The highest BCUT2D eigenvalue weighted by molar-refractivity contribution is 6.30. The summed E-state index contributed by atoms with van der Waals surface area (Å²) in [5, 5.41) is 0.689. The molecule has 0 fully saturated rings. The zero-order chi connectivity index (χ0) is 16.9. The molecule has 1 aromatic heterocycles. The molecule has 2 heterocycles. The van der Waals surface area contributed by atoms with E-state index in [-0.39, 0.29) is 11.9 Å². The molecule has 3 rings (SSSR count). The molecule has 128 valence electrons. The van der Waals surface area contributed by atoms with E-state index in [1.807, 2.05) is 29.2 Å². The summed E-state index contributed by atoms with van der Waals surface area (Å²) in [6.07, 6.45) is 4.79. The second kappa shape index (κ2) is 7.81. The van der Waals surface area contributed by atoms with Crippen molar-refractivity contribution < 1.29 is 9.53 Å². The van der Waals surface area contributed by atoms with Crippen molar-refractivity contribution in [2.75, 3.05) is 20.3 Å². The van der Waals surface area contributed by atoms with Crippen LogP contribution in [0.3, 0.4) is 0 Å². The molecule has 0 aliphatic carbocycles. The number of hydrogen-bond donors (Lipinski definition) is 1. The number of H-pyrrole nitrogens is 1. The molecule has 1 aliphatic rings. The minimum absolute atomic E-state index is 0.146. The first kappa shape index (κ1) is 17.0. The zero-order valence-electron chi connectivity index (χ0n) is 13.8. The monoisotopic (exact) mass is 347 g/mol. The smallest absolute Gasteiger partial charge is 0.223 e. The number of unbranched alkanes of at least 4 members (excludes halogenated alkanes) is 1. The van der Waals surface area contributed by atoms with Crippen LogP contribution in [0.25, 0.3) is 0 Å². The molecule has 1 aromatic carbocycles. The lowest BCUT2D eigenvalue weighted by Gasteiger charge is -2.35. The first-order valence-corrected chi connectivity index (χ1v) is 8.64. The highest BCUT2D eigenvalue weighted by Gasteiger charge is 2.33. The lowest BCUT2D eigenvalue weighted by molar-refractivity contribution is -0.133. The van der Waals surface area contributed by atoms with Gasteiger partial charge in [-0.1, -0.05) is 23.7 Å².